The molecule has 0 aliphatic heterocycles. The molecule has 7 heteroatoms. The van der Waals surface area contributed by atoms with Crippen molar-refractivity contribution in [2.45, 2.75) is 0 Å². The predicted octanol–water partition coefficient (Wildman–Crippen LogP) is 2.82. The van der Waals surface area contributed by atoms with Gasteiger partial charge in [-0.1, -0.05) is 11.6 Å². The van der Waals surface area contributed by atoms with Gasteiger partial charge in [-0.2, -0.15) is 4.39 Å². The molecule has 0 unspecified atom stereocenters. The smallest absolute Gasteiger partial charge is 0.335 e. The first-order valence-electron chi connectivity index (χ1n) is 5.43. The van der Waals surface area contributed by atoms with Crippen LogP contribution >= 0.6 is 11.6 Å². The normalized spacial score (nSPS) is 10.1. The SMILES string of the molecule is O=C(O)c1cc(Cl)cc(NC(=O)c2cccnc2F)c1. The molecule has 1 amide bonds. The number of nitrogens with one attached hydrogen (secondary N) is 1. The zero-order valence-corrected chi connectivity index (χ0v) is 10.7. The van der Waals surface area contributed by atoms with Crippen LogP contribution in [0.25, 0.3) is 0 Å². The molecule has 2 aromatic rings. The highest BCUT2D eigenvalue weighted by atomic mass is 35.5. The second-order valence-corrected chi connectivity index (χ2v) is 4.27. The molecule has 0 bridgehead atoms. The van der Waals surface area contributed by atoms with Crippen molar-refractivity contribution in [1.82, 2.24) is 4.98 Å². The largest absolute Gasteiger partial charge is 0.478 e. The lowest BCUT2D eigenvalue weighted by atomic mass is 10.2. The summed E-state index contributed by atoms with van der Waals surface area (Å²) in [6.07, 6.45) is 1.22. The lowest BCUT2D eigenvalue weighted by Gasteiger charge is -2.07. The maximum atomic E-state index is 13.3. The zero-order chi connectivity index (χ0) is 14.7. The number of anilines is 1. The summed E-state index contributed by atoms with van der Waals surface area (Å²) in [5.74, 6) is -2.84. The summed E-state index contributed by atoms with van der Waals surface area (Å²) in [5.41, 5.74) is -0.174. The molecule has 1 heterocycles. The summed E-state index contributed by atoms with van der Waals surface area (Å²) in [6, 6.07) is 6.50. The molecular weight excluding hydrogens is 287 g/mol. The summed E-state index contributed by atoms with van der Waals surface area (Å²) in [5, 5.41) is 11.4. The van der Waals surface area contributed by atoms with E-state index in [4.69, 9.17) is 16.7 Å². The van der Waals surface area contributed by atoms with Gasteiger partial charge >= 0.3 is 5.97 Å². The van der Waals surface area contributed by atoms with E-state index < -0.39 is 17.8 Å². The number of carboxylic acid groups (broad SMARTS) is 1. The van der Waals surface area contributed by atoms with Gasteiger partial charge in [-0.15, -0.1) is 0 Å². The Morgan fingerprint density at radius 2 is 2.05 bits per heavy atom. The molecule has 0 aliphatic rings. The van der Waals surface area contributed by atoms with Gasteiger partial charge in [0.1, 0.15) is 0 Å². The molecule has 2 rings (SSSR count). The molecule has 0 spiro atoms. The molecule has 0 atom stereocenters. The van der Waals surface area contributed by atoms with Crippen LogP contribution in [0.3, 0.4) is 0 Å². The maximum Gasteiger partial charge on any atom is 0.335 e. The second-order valence-electron chi connectivity index (χ2n) is 3.83. The van der Waals surface area contributed by atoms with Gasteiger partial charge in [0, 0.05) is 16.9 Å². The van der Waals surface area contributed by atoms with Crippen LogP contribution in [0.5, 0.6) is 0 Å². The van der Waals surface area contributed by atoms with Gasteiger partial charge in [0.2, 0.25) is 5.95 Å². The summed E-state index contributed by atoms with van der Waals surface area (Å²) < 4.78 is 13.3. The minimum atomic E-state index is -1.18. The van der Waals surface area contributed by atoms with E-state index in [2.05, 4.69) is 10.3 Å². The van der Waals surface area contributed by atoms with Crippen molar-refractivity contribution in [3.63, 3.8) is 0 Å². The molecule has 0 saturated carbocycles. The van der Waals surface area contributed by atoms with E-state index in [1.54, 1.807) is 0 Å². The molecule has 2 N–H and O–H groups in total. The van der Waals surface area contributed by atoms with E-state index >= 15 is 0 Å². The number of carbonyl (C=O) groups excluding carboxylic acids is 1. The fraction of sp³-hybridized carbons (Fsp3) is 0. The van der Waals surface area contributed by atoms with E-state index in [1.165, 1.54) is 36.5 Å². The van der Waals surface area contributed by atoms with Gasteiger partial charge in [-0.25, -0.2) is 9.78 Å². The summed E-state index contributed by atoms with van der Waals surface area (Å²) in [7, 11) is 0. The van der Waals surface area contributed by atoms with Gasteiger partial charge in [0.05, 0.1) is 11.1 Å². The van der Waals surface area contributed by atoms with Crippen LogP contribution in [0.4, 0.5) is 10.1 Å². The highest BCUT2D eigenvalue weighted by Gasteiger charge is 2.13. The molecule has 0 radical (unpaired) electrons. The van der Waals surface area contributed by atoms with E-state index in [-0.39, 0.29) is 21.8 Å². The molecule has 5 nitrogen and oxygen atoms in total. The number of nitrogens with zero attached hydrogens (tertiary/aromatic N) is 1. The average molecular weight is 295 g/mol. The Kier molecular flexibility index (Phi) is 3.95. The highest BCUT2D eigenvalue weighted by molar-refractivity contribution is 6.31. The lowest BCUT2D eigenvalue weighted by Crippen LogP contribution is -2.14. The van der Waals surface area contributed by atoms with Crippen molar-refractivity contribution >= 4 is 29.2 Å². The third kappa shape index (κ3) is 3.10. The number of rotatable bonds is 3. The molecule has 102 valence electrons. The lowest BCUT2D eigenvalue weighted by molar-refractivity contribution is 0.0696. The average Bonchev–Trinajstić information content (AvgIpc) is 2.38. The van der Waals surface area contributed by atoms with Crippen molar-refractivity contribution in [1.29, 1.82) is 0 Å². The fourth-order valence-electron chi connectivity index (χ4n) is 1.54. The quantitative estimate of drug-likeness (QED) is 0.853. The third-order valence-corrected chi connectivity index (χ3v) is 2.62. The van der Waals surface area contributed by atoms with Crippen molar-refractivity contribution in [2.75, 3.05) is 5.32 Å². The molecule has 1 aromatic carbocycles. The molecule has 0 fully saturated rings. The van der Waals surface area contributed by atoms with Crippen LogP contribution in [0.15, 0.2) is 36.5 Å². The number of carboxylic acids is 1. The number of hydrogen-bond donors (Lipinski definition) is 2. The monoisotopic (exact) mass is 294 g/mol. The van der Waals surface area contributed by atoms with Crippen molar-refractivity contribution in [3.05, 3.63) is 58.6 Å². The molecule has 20 heavy (non-hydrogen) atoms. The molecule has 1 aromatic heterocycles. The number of aromatic nitrogens is 1. The number of pyridine rings is 1. The molecule has 0 aliphatic carbocycles. The van der Waals surface area contributed by atoms with Gasteiger partial charge in [-0.3, -0.25) is 4.79 Å². The Balaban J connectivity index is 2.28. The van der Waals surface area contributed by atoms with E-state index in [1.807, 2.05) is 0 Å². The number of benzene rings is 1. The Labute approximate surface area is 118 Å². The topological polar surface area (TPSA) is 79.3 Å². The Bertz CT molecular complexity index is 691. The maximum absolute atomic E-state index is 13.3. The van der Waals surface area contributed by atoms with Crippen molar-refractivity contribution < 1.29 is 19.1 Å². The molecular formula is C13H8ClFN2O3. The van der Waals surface area contributed by atoms with Gasteiger partial charge in [0.15, 0.2) is 0 Å². The summed E-state index contributed by atoms with van der Waals surface area (Å²) >= 11 is 5.75. The van der Waals surface area contributed by atoms with Crippen LogP contribution < -0.4 is 5.32 Å². The summed E-state index contributed by atoms with van der Waals surface area (Å²) in [4.78, 5) is 26.1. The van der Waals surface area contributed by atoms with E-state index in [0.29, 0.717) is 0 Å². The van der Waals surface area contributed by atoms with Crippen LogP contribution in [0.2, 0.25) is 5.02 Å². The Morgan fingerprint density at radius 3 is 2.70 bits per heavy atom. The highest BCUT2D eigenvalue weighted by Crippen LogP contribution is 2.20. The minimum absolute atomic E-state index is 0.0838. The van der Waals surface area contributed by atoms with Crippen LogP contribution in [-0.2, 0) is 0 Å². The van der Waals surface area contributed by atoms with Gasteiger partial charge in [0.25, 0.3) is 5.91 Å². The van der Waals surface area contributed by atoms with E-state index in [0.717, 1.165) is 0 Å². The van der Waals surface area contributed by atoms with Crippen LogP contribution in [0.1, 0.15) is 20.7 Å². The number of aromatic carboxylic acids is 1. The Morgan fingerprint density at radius 1 is 1.30 bits per heavy atom. The standard InChI is InChI=1S/C13H8ClFN2O3/c14-8-4-7(13(19)20)5-9(6-8)17-12(18)10-2-1-3-16-11(10)15/h1-6H,(H,17,18)(H,19,20). The van der Waals surface area contributed by atoms with E-state index in [9.17, 15) is 14.0 Å². The first-order chi connectivity index (χ1) is 9.47. The zero-order valence-electron chi connectivity index (χ0n) is 9.93. The van der Waals surface area contributed by atoms with Crippen molar-refractivity contribution in [3.8, 4) is 0 Å². The number of hydrogen-bond acceptors (Lipinski definition) is 3. The molecule has 0 saturated heterocycles. The predicted molar refractivity (Wildman–Crippen MR) is 70.6 cm³/mol. The fourth-order valence-corrected chi connectivity index (χ4v) is 1.77. The third-order valence-electron chi connectivity index (χ3n) is 2.41. The number of amides is 1. The number of carbonyl (C=O) groups is 2. The van der Waals surface area contributed by atoms with Crippen molar-refractivity contribution in [2.24, 2.45) is 0 Å². The first kappa shape index (κ1) is 14.0. The first-order valence-corrected chi connectivity index (χ1v) is 5.81. The second kappa shape index (κ2) is 5.66. The Hall–Kier alpha value is -2.47. The van der Waals surface area contributed by atoms with Crippen LogP contribution in [-0.4, -0.2) is 22.0 Å². The minimum Gasteiger partial charge on any atom is -0.478 e. The number of halogens is 2. The summed E-state index contributed by atoms with van der Waals surface area (Å²) in [6.45, 7) is 0. The van der Waals surface area contributed by atoms with Gasteiger partial charge < -0.3 is 10.4 Å². The van der Waals surface area contributed by atoms with Crippen LogP contribution in [0, 0.1) is 5.95 Å². The van der Waals surface area contributed by atoms with Gasteiger partial charge in [-0.05, 0) is 30.3 Å².